The second-order valence-electron chi connectivity index (χ2n) is 6.87. The van der Waals surface area contributed by atoms with E-state index < -0.39 is 18.0 Å². The standard InChI is InChI=1S/C25H20N2O4/c1-16(28)18-11-13-20(14-12-18)27-24(29)17(2)31-25(30)23-10-6-5-9-22(23)21-8-4-3-7-19(21)15-26/h3-14,17H,1-2H3,(H,27,29)/t17-/m0/s1. The molecule has 0 bridgehead atoms. The van der Waals surface area contributed by atoms with Gasteiger partial charge in [0.2, 0.25) is 0 Å². The summed E-state index contributed by atoms with van der Waals surface area (Å²) < 4.78 is 5.38. The summed E-state index contributed by atoms with van der Waals surface area (Å²) in [5, 5.41) is 12.0. The maximum Gasteiger partial charge on any atom is 0.339 e. The van der Waals surface area contributed by atoms with E-state index in [2.05, 4.69) is 11.4 Å². The lowest BCUT2D eigenvalue weighted by Gasteiger charge is -2.15. The molecule has 0 aliphatic rings. The van der Waals surface area contributed by atoms with Crippen LogP contribution in [0.15, 0.2) is 72.8 Å². The van der Waals surface area contributed by atoms with Crippen LogP contribution in [-0.2, 0) is 9.53 Å². The van der Waals surface area contributed by atoms with Gasteiger partial charge < -0.3 is 10.1 Å². The molecule has 3 rings (SSSR count). The minimum atomic E-state index is -1.06. The summed E-state index contributed by atoms with van der Waals surface area (Å²) in [5.41, 5.74) is 2.88. The number of ketones is 1. The minimum Gasteiger partial charge on any atom is -0.449 e. The first-order valence-electron chi connectivity index (χ1n) is 9.62. The number of rotatable bonds is 6. The monoisotopic (exact) mass is 412 g/mol. The molecule has 1 N–H and O–H groups in total. The fourth-order valence-corrected chi connectivity index (χ4v) is 3.02. The normalized spacial score (nSPS) is 11.1. The van der Waals surface area contributed by atoms with E-state index in [1.165, 1.54) is 13.8 Å². The van der Waals surface area contributed by atoms with Gasteiger partial charge in [-0.3, -0.25) is 9.59 Å². The molecule has 1 amide bonds. The van der Waals surface area contributed by atoms with E-state index in [0.717, 1.165) is 0 Å². The number of Topliss-reactive ketones (excluding diaryl/α,β-unsaturated/α-hetero) is 1. The van der Waals surface area contributed by atoms with Crippen molar-refractivity contribution in [2.75, 3.05) is 5.32 Å². The van der Waals surface area contributed by atoms with Crippen LogP contribution in [0, 0.1) is 11.3 Å². The van der Waals surface area contributed by atoms with Gasteiger partial charge in [-0.05, 0) is 55.8 Å². The average Bonchev–Trinajstić information content (AvgIpc) is 2.79. The van der Waals surface area contributed by atoms with Crippen LogP contribution in [-0.4, -0.2) is 23.8 Å². The number of nitrogens with one attached hydrogen (secondary N) is 1. The molecular weight excluding hydrogens is 392 g/mol. The number of nitrogens with zero attached hydrogens (tertiary/aromatic N) is 1. The fourth-order valence-electron chi connectivity index (χ4n) is 3.02. The van der Waals surface area contributed by atoms with Crippen LogP contribution in [0.25, 0.3) is 11.1 Å². The molecule has 0 spiro atoms. The number of benzene rings is 3. The number of ether oxygens (including phenoxy) is 1. The van der Waals surface area contributed by atoms with E-state index in [4.69, 9.17) is 4.74 Å². The lowest BCUT2D eigenvalue weighted by atomic mass is 9.96. The van der Waals surface area contributed by atoms with Gasteiger partial charge in [-0.1, -0.05) is 36.4 Å². The van der Waals surface area contributed by atoms with Gasteiger partial charge in [0.25, 0.3) is 5.91 Å². The first kappa shape index (κ1) is 21.5. The molecule has 0 fully saturated rings. The van der Waals surface area contributed by atoms with Crippen LogP contribution in [0.5, 0.6) is 0 Å². The molecule has 0 unspecified atom stereocenters. The number of anilines is 1. The van der Waals surface area contributed by atoms with E-state index >= 15 is 0 Å². The highest BCUT2D eigenvalue weighted by molar-refractivity contribution is 6.01. The second-order valence-corrected chi connectivity index (χ2v) is 6.87. The number of carbonyl (C=O) groups is 3. The van der Waals surface area contributed by atoms with Crippen molar-refractivity contribution in [2.45, 2.75) is 20.0 Å². The molecule has 6 nitrogen and oxygen atoms in total. The van der Waals surface area contributed by atoms with Gasteiger partial charge in [0.05, 0.1) is 17.2 Å². The maximum absolute atomic E-state index is 12.8. The van der Waals surface area contributed by atoms with E-state index in [-0.39, 0.29) is 11.3 Å². The van der Waals surface area contributed by atoms with Crippen molar-refractivity contribution < 1.29 is 19.1 Å². The van der Waals surface area contributed by atoms with Gasteiger partial charge in [-0.2, -0.15) is 5.26 Å². The first-order chi connectivity index (χ1) is 14.9. The van der Waals surface area contributed by atoms with E-state index in [1.807, 2.05) is 0 Å². The van der Waals surface area contributed by atoms with Crippen molar-refractivity contribution >= 4 is 23.3 Å². The molecule has 0 heterocycles. The first-order valence-corrected chi connectivity index (χ1v) is 9.62. The Balaban J connectivity index is 1.75. The molecule has 31 heavy (non-hydrogen) atoms. The van der Waals surface area contributed by atoms with Crippen LogP contribution >= 0.6 is 0 Å². The topological polar surface area (TPSA) is 96.3 Å². The van der Waals surface area contributed by atoms with Crippen molar-refractivity contribution in [1.82, 2.24) is 0 Å². The summed E-state index contributed by atoms with van der Waals surface area (Å²) in [7, 11) is 0. The van der Waals surface area contributed by atoms with Gasteiger partial charge in [0.15, 0.2) is 11.9 Å². The quantitative estimate of drug-likeness (QED) is 0.471. The molecule has 0 saturated carbocycles. The predicted octanol–water partition coefficient (Wildman–Crippen LogP) is 4.61. The van der Waals surface area contributed by atoms with E-state index in [1.54, 1.807) is 72.8 Å². The summed E-state index contributed by atoms with van der Waals surface area (Å²) >= 11 is 0. The Hall–Kier alpha value is -4.24. The zero-order valence-corrected chi connectivity index (χ0v) is 17.1. The van der Waals surface area contributed by atoms with Crippen LogP contribution < -0.4 is 5.32 Å². The largest absolute Gasteiger partial charge is 0.449 e. The molecule has 0 radical (unpaired) electrons. The Kier molecular flexibility index (Phi) is 6.58. The highest BCUT2D eigenvalue weighted by Gasteiger charge is 2.22. The zero-order chi connectivity index (χ0) is 22.4. The molecular formula is C25H20N2O4. The van der Waals surface area contributed by atoms with Gasteiger partial charge in [0, 0.05) is 16.8 Å². The van der Waals surface area contributed by atoms with Crippen molar-refractivity contribution in [3.63, 3.8) is 0 Å². The van der Waals surface area contributed by atoms with Crippen LogP contribution in [0.4, 0.5) is 5.69 Å². The Morgan fingerprint density at radius 1 is 0.903 bits per heavy atom. The number of hydrogen-bond acceptors (Lipinski definition) is 5. The molecule has 0 saturated heterocycles. The summed E-state index contributed by atoms with van der Waals surface area (Å²) in [6.45, 7) is 2.94. The lowest BCUT2D eigenvalue weighted by molar-refractivity contribution is -0.123. The van der Waals surface area contributed by atoms with Crippen molar-refractivity contribution in [1.29, 1.82) is 5.26 Å². The second kappa shape index (κ2) is 9.51. The Labute approximate surface area is 180 Å². The Bertz CT molecular complexity index is 1180. The van der Waals surface area contributed by atoms with Crippen molar-refractivity contribution in [2.24, 2.45) is 0 Å². The molecule has 0 aliphatic heterocycles. The number of esters is 1. The third-order valence-corrected chi connectivity index (χ3v) is 4.70. The van der Waals surface area contributed by atoms with E-state index in [0.29, 0.717) is 27.9 Å². The molecule has 3 aromatic carbocycles. The van der Waals surface area contributed by atoms with Crippen LogP contribution in [0.2, 0.25) is 0 Å². The molecule has 154 valence electrons. The highest BCUT2D eigenvalue weighted by Crippen LogP contribution is 2.27. The predicted molar refractivity (Wildman–Crippen MR) is 117 cm³/mol. The smallest absolute Gasteiger partial charge is 0.339 e. The van der Waals surface area contributed by atoms with Gasteiger partial charge >= 0.3 is 5.97 Å². The Morgan fingerprint density at radius 2 is 1.52 bits per heavy atom. The number of hydrogen-bond donors (Lipinski definition) is 1. The minimum absolute atomic E-state index is 0.0724. The maximum atomic E-state index is 12.8. The number of nitriles is 1. The van der Waals surface area contributed by atoms with Gasteiger partial charge in [-0.15, -0.1) is 0 Å². The fraction of sp³-hybridized carbons (Fsp3) is 0.120. The van der Waals surface area contributed by atoms with Crippen molar-refractivity contribution in [3.8, 4) is 17.2 Å². The zero-order valence-electron chi connectivity index (χ0n) is 17.1. The highest BCUT2D eigenvalue weighted by atomic mass is 16.5. The SMILES string of the molecule is CC(=O)c1ccc(NC(=O)[C@H](C)OC(=O)c2ccccc2-c2ccccc2C#N)cc1. The molecule has 3 aromatic rings. The number of amides is 1. The van der Waals surface area contributed by atoms with Gasteiger partial charge in [0.1, 0.15) is 0 Å². The molecule has 0 aliphatic carbocycles. The van der Waals surface area contributed by atoms with Crippen LogP contribution in [0.3, 0.4) is 0 Å². The summed E-state index contributed by atoms with van der Waals surface area (Å²) in [5.74, 6) is -1.24. The lowest BCUT2D eigenvalue weighted by Crippen LogP contribution is -2.30. The number of carbonyl (C=O) groups excluding carboxylic acids is 3. The summed E-state index contributed by atoms with van der Waals surface area (Å²) in [6, 6.07) is 22.3. The molecule has 0 aromatic heterocycles. The molecule has 1 atom stereocenters. The van der Waals surface area contributed by atoms with E-state index in [9.17, 15) is 19.6 Å². The average molecular weight is 412 g/mol. The Morgan fingerprint density at radius 3 is 2.16 bits per heavy atom. The van der Waals surface area contributed by atoms with Crippen molar-refractivity contribution in [3.05, 3.63) is 89.5 Å². The molecule has 6 heteroatoms. The van der Waals surface area contributed by atoms with Crippen LogP contribution in [0.1, 0.15) is 40.1 Å². The summed E-state index contributed by atoms with van der Waals surface area (Å²) in [6.07, 6.45) is -1.06. The summed E-state index contributed by atoms with van der Waals surface area (Å²) in [4.78, 5) is 36.6. The third-order valence-electron chi connectivity index (χ3n) is 4.70. The van der Waals surface area contributed by atoms with Gasteiger partial charge in [-0.25, -0.2) is 4.79 Å². The third kappa shape index (κ3) is 5.03.